The minimum atomic E-state index is -1.23. The second-order valence-electron chi connectivity index (χ2n) is 4.04. The number of aromatic amines is 1. The minimum Gasteiger partial charge on any atom is -0.480 e. The topological polar surface area (TPSA) is 122 Å². The van der Waals surface area contributed by atoms with Gasteiger partial charge >= 0.3 is 5.97 Å². The van der Waals surface area contributed by atoms with E-state index >= 15 is 0 Å². The Hall–Kier alpha value is -2.48. The zero-order chi connectivity index (χ0) is 14.2. The highest BCUT2D eigenvalue weighted by atomic mass is 19.1. The zero-order valence-electron chi connectivity index (χ0n) is 9.59. The molecule has 19 heavy (non-hydrogen) atoms. The quantitative estimate of drug-likeness (QED) is 0.566. The van der Waals surface area contributed by atoms with Crippen LogP contribution >= 0.6 is 0 Å². The van der Waals surface area contributed by atoms with Gasteiger partial charge in [-0.05, 0) is 11.6 Å². The highest BCUT2D eigenvalue weighted by molar-refractivity contribution is 5.92. The van der Waals surface area contributed by atoms with Gasteiger partial charge in [-0.1, -0.05) is 0 Å². The summed E-state index contributed by atoms with van der Waals surface area (Å²) in [5.74, 6) is -1.87. The molecule has 4 N–H and O–H groups in total. The van der Waals surface area contributed by atoms with Gasteiger partial charge in [0.1, 0.15) is 11.9 Å². The molecule has 1 aromatic heterocycles. The van der Waals surface area contributed by atoms with Crippen molar-refractivity contribution in [2.45, 2.75) is 12.5 Å². The first-order valence-electron chi connectivity index (χ1n) is 5.33. The summed E-state index contributed by atoms with van der Waals surface area (Å²) in [5.41, 5.74) is 5.37. The summed E-state index contributed by atoms with van der Waals surface area (Å²) in [6, 6.07) is 0.820. The van der Waals surface area contributed by atoms with Gasteiger partial charge in [-0.2, -0.15) is 0 Å². The van der Waals surface area contributed by atoms with Crippen LogP contribution in [0.2, 0.25) is 0 Å². The molecule has 8 heteroatoms. The number of nitro benzene ring substituents is 1. The number of carbonyl (C=O) groups is 1. The Morgan fingerprint density at radius 3 is 2.84 bits per heavy atom. The third-order valence-electron chi connectivity index (χ3n) is 2.80. The number of carboxylic acid groups (broad SMARTS) is 1. The number of nitrogens with zero attached hydrogens (tertiary/aromatic N) is 1. The predicted octanol–water partition coefficient (Wildman–Crippen LogP) is 1.17. The van der Waals surface area contributed by atoms with E-state index in [-0.39, 0.29) is 23.0 Å². The maximum atomic E-state index is 13.5. The molecule has 2 rings (SSSR count). The molecule has 0 aliphatic rings. The molecule has 1 aromatic carbocycles. The maximum absolute atomic E-state index is 13.5. The van der Waals surface area contributed by atoms with E-state index in [0.717, 1.165) is 12.1 Å². The molecular weight excluding hydrogens is 257 g/mol. The molecule has 0 radical (unpaired) electrons. The van der Waals surface area contributed by atoms with E-state index in [9.17, 15) is 19.3 Å². The SMILES string of the molecule is N[C@@H](Cc1c[nH]c2c(F)ccc([N+](=O)[O-])c12)C(=O)O. The first-order chi connectivity index (χ1) is 8.91. The van der Waals surface area contributed by atoms with Crippen LogP contribution in [0.25, 0.3) is 10.9 Å². The number of nitrogens with two attached hydrogens (primary N) is 1. The molecule has 0 amide bonds. The van der Waals surface area contributed by atoms with Crippen LogP contribution in [0.3, 0.4) is 0 Å². The zero-order valence-corrected chi connectivity index (χ0v) is 9.59. The number of hydrogen-bond donors (Lipinski definition) is 3. The number of carboxylic acids is 1. The number of rotatable bonds is 4. The van der Waals surface area contributed by atoms with Crippen LogP contribution in [-0.2, 0) is 11.2 Å². The highest BCUT2D eigenvalue weighted by Crippen LogP contribution is 2.30. The Kier molecular flexibility index (Phi) is 3.17. The van der Waals surface area contributed by atoms with Crippen molar-refractivity contribution in [2.24, 2.45) is 5.73 Å². The van der Waals surface area contributed by atoms with Crippen molar-refractivity contribution < 1.29 is 19.2 Å². The van der Waals surface area contributed by atoms with Gasteiger partial charge in [0.25, 0.3) is 5.69 Å². The van der Waals surface area contributed by atoms with Crippen LogP contribution < -0.4 is 5.73 Å². The van der Waals surface area contributed by atoms with E-state index < -0.39 is 22.8 Å². The number of nitrogens with one attached hydrogen (secondary N) is 1. The van der Waals surface area contributed by atoms with E-state index in [1.165, 1.54) is 6.20 Å². The number of aromatic nitrogens is 1. The summed E-state index contributed by atoms with van der Waals surface area (Å²) >= 11 is 0. The Bertz CT molecular complexity index is 667. The lowest BCUT2D eigenvalue weighted by molar-refractivity contribution is -0.383. The van der Waals surface area contributed by atoms with Gasteiger partial charge in [-0.25, -0.2) is 4.39 Å². The lowest BCUT2D eigenvalue weighted by Crippen LogP contribution is -2.32. The molecule has 100 valence electrons. The standard InChI is InChI=1S/C11H10FN3O4/c12-6-1-2-8(15(18)19)9-5(4-14-10(6)9)3-7(13)11(16)17/h1-2,4,7,14H,3,13H2,(H,16,17)/t7-/m0/s1. The third kappa shape index (κ3) is 2.25. The number of hydrogen-bond acceptors (Lipinski definition) is 4. The predicted molar refractivity (Wildman–Crippen MR) is 64.2 cm³/mol. The molecule has 2 aromatic rings. The van der Waals surface area contributed by atoms with Crippen molar-refractivity contribution in [1.82, 2.24) is 4.98 Å². The highest BCUT2D eigenvalue weighted by Gasteiger charge is 2.22. The maximum Gasteiger partial charge on any atom is 0.320 e. The molecule has 0 aliphatic carbocycles. The summed E-state index contributed by atoms with van der Waals surface area (Å²) in [5, 5.41) is 19.7. The molecule has 0 saturated heterocycles. The van der Waals surface area contributed by atoms with Gasteiger partial charge in [0.2, 0.25) is 0 Å². The van der Waals surface area contributed by atoms with Crippen molar-refractivity contribution in [3.05, 3.63) is 39.8 Å². The van der Waals surface area contributed by atoms with E-state index in [2.05, 4.69) is 4.98 Å². The van der Waals surface area contributed by atoms with E-state index in [1.54, 1.807) is 0 Å². The summed E-state index contributed by atoms with van der Waals surface area (Å²) in [4.78, 5) is 23.5. The van der Waals surface area contributed by atoms with Gasteiger partial charge in [-0.3, -0.25) is 14.9 Å². The number of nitro groups is 1. The normalized spacial score (nSPS) is 12.5. The van der Waals surface area contributed by atoms with E-state index in [4.69, 9.17) is 10.8 Å². The lowest BCUT2D eigenvalue weighted by atomic mass is 10.0. The molecule has 1 atom stereocenters. The second-order valence-corrected chi connectivity index (χ2v) is 4.04. The van der Waals surface area contributed by atoms with Crippen LogP contribution in [0.1, 0.15) is 5.56 Å². The van der Waals surface area contributed by atoms with E-state index in [0.29, 0.717) is 5.56 Å². The van der Waals surface area contributed by atoms with Gasteiger partial charge in [-0.15, -0.1) is 0 Å². The Balaban J connectivity index is 2.59. The Morgan fingerprint density at radius 1 is 1.58 bits per heavy atom. The average molecular weight is 267 g/mol. The minimum absolute atomic E-state index is 0.0261. The molecule has 0 bridgehead atoms. The number of benzene rings is 1. The fourth-order valence-electron chi connectivity index (χ4n) is 1.90. The summed E-state index contributed by atoms with van der Waals surface area (Å²) in [7, 11) is 0. The van der Waals surface area contributed by atoms with Crippen molar-refractivity contribution in [3.63, 3.8) is 0 Å². The molecule has 0 saturated carbocycles. The van der Waals surface area contributed by atoms with Crippen molar-refractivity contribution >= 4 is 22.6 Å². The van der Waals surface area contributed by atoms with Crippen molar-refractivity contribution in [1.29, 1.82) is 0 Å². The third-order valence-corrected chi connectivity index (χ3v) is 2.80. The number of non-ortho nitro benzene ring substituents is 1. The average Bonchev–Trinajstić information content (AvgIpc) is 2.74. The van der Waals surface area contributed by atoms with Gasteiger partial charge in [0, 0.05) is 18.7 Å². The summed E-state index contributed by atoms with van der Waals surface area (Å²) < 4.78 is 13.5. The Labute approximate surface area is 106 Å². The van der Waals surface area contributed by atoms with Crippen molar-refractivity contribution in [2.75, 3.05) is 0 Å². The number of H-pyrrole nitrogens is 1. The first-order valence-corrected chi connectivity index (χ1v) is 5.33. The van der Waals surface area contributed by atoms with Gasteiger partial charge < -0.3 is 15.8 Å². The van der Waals surface area contributed by atoms with Crippen LogP contribution in [0.15, 0.2) is 18.3 Å². The summed E-state index contributed by atoms with van der Waals surface area (Å²) in [6.07, 6.45) is 1.21. The Morgan fingerprint density at radius 2 is 2.26 bits per heavy atom. The number of halogens is 1. The molecule has 0 spiro atoms. The molecule has 0 fully saturated rings. The van der Waals surface area contributed by atoms with Crippen LogP contribution in [0.4, 0.5) is 10.1 Å². The van der Waals surface area contributed by atoms with Crippen LogP contribution in [0, 0.1) is 15.9 Å². The molecule has 0 unspecified atom stereocenters. The second kappa shape index (κ2) is 4.65. The monoisotopic (exact) mass is 267 g/mol. The molecule has 0 aliphatic heterocycles. The molecular formula is C11H10FN3O4. The number of fused-ring (bicyclic) bond motifs is 1. The summed E-state index contributed by atoms with van der Waals surface area (Å²) in [6.45, 7) is 0. The largest absolute Gasteiger partial charge is 0.480 e. The fourth-order valence-corrected chi connectivity index (χ4v) is 1.90. The van der Waals surface area contributed by atoms with Gasteiger partial charge in [0.05, 0.1) is 15.8 Å². The fraction of sp³-hybridized carbons (Fsp3) is 0.182. The lowest BCUT2D eigenvalue weighted by Gasteiger charge is -2.05. The van der Waals surface area contributed by atoms with Crippen molar-refractivity contribution in [3.8, 4) is 0 Å². The molecule has 7 nitrogen and oxygen atoms in total. The molecule has 1 heterocycles. The smallest absolute Gasteiger partial charge is 0.320 e. The number of aliphatic carboxylic acids is 1. The van der Waals surface area contributed by atoms with Gasteiger partial charge in [0.15, 0.2) is 0 Å². The first kappa shape index (κ1) is 13.0. The van der Waals surface area contributed by atoms with Crippen LogP contribution in [-0.4, -0.2) is 27.0 Å². The van der Waals surface area contributed by atoms with E-state index in [1.807, 2.05) is 0 Å². The van der Waals surface area contributed by atoms with Crippen LogP contribution in [0.5, 0.6) is 0 Å².